The Morgan fingerprint density at radius 2 is 1.86 bits per heavy atom. The van der Waals surface area contributed by atoms with Crippen molar-refractivity contribution in [3.63, 3.8) is 0 Å². The van der Waals surface area contributed by atoms with E-state index in [1.54, 1.807) is 0 Å². The summed E-state index contributed by atoms with van der Waals surface area (Å²) >= 11 is 0. The van der Waals surface area contributed by atoms with Crippen LogP contribution in [0.2, 0.25) is 0 Å². The largest absolute Gasteiger partial charge is 0.469 e. The number of rotatable bonds is 6. The van der Waals surface area contributed by atoms with Gasteiger partial charge in [0.15, 0.2) is 0 Å². The van der Waals surface area contributed by atoms with E-state index >= 15 is 0 Å². The van der Waals surface area contributed by atoms with E-state index in [1.807, 2.05) is 19.0 Å². The molecule has 0 saturated carbocycles. The number of hydrogen-bond acceptors (Lipinski definition) is 5. The second-order valence-corrected chi connectivity index (χ2v) is 3.13. The van der Waals surface area contributed by atoms with Crippen molar-refractivity contribution in [3.8, 4) is 0 Å². The SMILES string of the molecule is COC(=O)CC(=O)OCCCN(C)C. The molecule has 0 spiro atoms. The van der Waals surface area contributed by atoms with Gasteiger partial charge in [0.25, 0.3) is 0 Å². The van der Waals surface area contributed by atoms with Crippen molar-refractivity contribution >= 4 is 11.9 Å². The van der Waals surface area contributed by atoms with E-state index in [-0.39, 0.29) is 6.42 Å². The van der Waals surface area contributed by atoms with Crippen LogP contribution in [0, 0.1) is 0 Å². The zero-order valence-electron chi connectivity index (χ0n) is 8.91. The van der Waals surface area contributed by atoms with Crippen LogP contribution in [0.4, 0.5) is 0 Å². The Balaban J connectivity index is 3.40. The van der Waals surface area contributed by atoms with Crippen LogP contribution in [0.15, 0.2) is 0 Å². The molecule has 5 nitrogen and oxygen atoms in total. The van der Waals surface area contributed by atoms with Crippen LogP contribution < -0.4 is 0 Å². The van der Waals surface area contributed by atoms with Crippen molar-refractivity contribution in [1.29, 1.82) is 0 Å². The molecule has 0 aliphatic rings. The Labute approximate surface area is 84.0 Å². The first-order chi connectivity index (χ1) is 6.56. The molecule has 0 radical (unpaired) electrons. The first-order valence-electron chi connectivity index (χ1n) is 4.43. The first-order valence-corrected chi connectivity index (χ1v) is 4.43. The van der Waals surface area contributed by atoms with E-state index in [0.29, 0.717) is 6.61 Å². The molecule has 0 heterocycles. The molecule has 14 heavy (non-hydrogen) atoms. The normalized spacial score (nSPS) is 10.0. The summed E-state index contributed by atoms with van der Waals surface area (Å²) in [6, 6.07) is 0. The van der Waals surface area contributed by atoms with Gasteiger partial charge in [0.05, 0.1) is 13.7 Å². The van der Waals surface area contributed by atoms with Crippen LogP contribution in [0.1, 0.15) is 12.8 Å². The summed E-state index contributed by atoms with van der Waals surface area (Å²) in [5, 5.41) is 0. The molecule has 0 aromatic heterocycles. The van der Waals surface area contributed by atoms with E-state index in [1.165, 1.54) is 7.11 Å². The molecule has 0 fully saturated rings. The highest BCUT2D eigenvalue weighted by atomic mass is 16.5. The number of nitrogens with zero attached hydrogens (tertiary/aromatic N) is 1. The van der Waals surface area contributed by atoms with E-state index in [2.05, 4.69) is 4.74 Å². The van der Waals surface area contributed by atoms with Gasteiger partial charge in [0, 0.05) is 6.54 Å². The number of carbonyl (C=O) groups excluding carboxylic acids is 2. The van der Waals surface area contributed by atoms with E-state index in [0.717, 1.165) is 13.0 Å². The van der Waals surface area contributed by atoms with Gasteiger partial charge in [0.1, 0.15) is 6.42 Å². The lowest BCUT2D eigenvalue weighted by Gasteiger charge is -2.09. The van der Waals surface area contributed by atoms with E-state index in [9.17, 15) is 9.59 Å². The lowest BCUT2D eigenvalue weighted by atomic mass is 10.4. The summed E-state index contributed by atoms with van der Waals surface area (Å²) in [4.78, 5) is 23.5. The van der Waals surface area contributed by atoms with Gasteiger partial charge in [-0.1, -0.05) is 0 Å². The maximum atomic E-state index is 10.9. The molecule has 82 valence electrons. The summed E-state index contributed by atoms with van der Waals surface area (Å²) in [5.41, 5.74) is 0. The highest BCUT2D eigenvalue weighted by Crippen LogP contribution is 1.92. The fourth-order valence-corrected chi connectivity index (χ4v) is 0.808. The molecule has 0 aliphatic carbocycles. The highest BCUT2D eigenvalue weighted by molar-refractivity contribution is 5.91. The summed E-state index contributed by atoms with van der Waals surface area (Å²) in [6.45, 7) is 1.19. The van der Waals surface area contributed by atoms with Crippen molar-refractivity contribution < 1.29 is 19.1 Å². The number of esters is 2. The molecule has 5 heteroatoms. The molecular weight excluding hydrogens is 186 g/mol. The Morgan fingerprint density at radius 1 is 1.21 bits per heavy atom. The third-order valence-electron chi connectivity index (χ3n) is 1.53. The predicted molar refractivity (Wildman–Crippen MR) is 50.8 cm³/mol. The van der Waals surface area contributed by atoms with Gasteiger partial charge in [0.2, 0.25) is 0 Å². The van der Waals surface area contributed by atoms with Crippen LogP contribution in [-0.4, -0.2) is 51.2 Å². The molecule has 0 unspecified atom stereocenters. The number of ether oxygens (including phenoxy) is 2. The molecule has 0 bridgehead atoms. The zero-order valence-corrected chi connectivity index (χ0v) is 8.91. The lowest BCUT2D eigenvalue weighted by molar-refractivity contribution is -0.153. The summed E-state index contributed by atoms with van der Waals surface area (Å²) in [6.07, 6.45) is 0.457. The molecule has 0 aliphatic heterocycles. The first kappa shape index (κ1) is 12.9. The maximum absolute atomic E-state index is 10.9. The van der Waals surface area contributed by atoms with Crippen LogP contribution in [0.5, 0.6) is 0 Å². The summed E-state index contributed by atoms with van der Waals surface area (Å²) in [7, 11) is 5.12. The van der Waals surface area contributed by atoms with Gasteiger partial charge in [-0.2, -0.15) is 0 Å². The zero-order chi connectivity index (χ0) is 11.0. The van der Waals surface area contributed by atoms with Gasteiger partial charge < -0.3 is 14.4 Å². The number of carbonyl (C=O) groups is 2. The standard InChI is InChI=1S/C9H17NO4/c1-10(2)5-4-6-14-9(12)7-8(11)13-3/h4-7H2,1-3H3. The molecule has 0 N–H and O–H groups in total. The van der Waals surface area contributed by atoms with Gasteiger partial charge >= 0.3 is 11.9 Å². The quantitative estimate of drug-likeness (QED) is 0.347. The van der Waals surface area contributed by atoms with E-state index < -0.39 is 11.9 Å². The molecule has 0 rings (SSSR count). The minimum atomic E-state index is -0.567. The highest BCUT2D eigenvalue weighted by Gasteiger charge is 2.09. The second kappa shape index (κ2) is 7.32. The van der Waals surface area contributed by atoms with Crippen molar-refractivity contribution in [3.05, 3.63) is 0 Å². The molecule has 0 atom stereocenters. The topological polar surface area (TPSA) is 55.8 Å². The maximum Gasteiger partial charge on any atom is 0.317 e. The number of methoxy groups -OCH3 is 1. The average molecular weight is 203 g/mol. The molecule has 0 saturated heterocycles. The monoisotopic (exact) mass is 203 g/mol. The van der Waals surface area contributed by atoms with Crippen LogP contribution in [-0.2, 0) is 19.1 Å². The average Bonchev–Trinajstić information content (AvgIpc) is 2.12. The van der Waals surface area contributed by atoms with Crippen LogP contribution in [0.25, 0.3) is 0 Å². The fourth-order valence-electron chi connectivity index (χ4n) is 0.808. The third-order valence-corrected chi connectivity index (χ3v) is 1.53. The minimum absolute atomic E-state index is 0.307. The molecule has 0 aromatic rings. The second-order valence-electron chi connectivity index (χ2n) is 3.13. The Kier molecular flexibility index (Phi) is 6.74. The minimum Gasteiger partial charge on any atom is -0.469 e. The molecule has 0 aromatic carbocycles. The predicted octanol–water partition coefficient (Wildman–Crippen LogP) is 0.0444. The smallest absolute Gasteiger partial charge is 0.317 e. The van der Waals surface area contributed by atoms with Crippen molar-refractivity contribution in [1.82, 2.24) is 4.90 Å². The van der Waals surface area contributed by atoms with Crippen LogP contribution in [0.3, 0.4) is 0 Å². The Bertz CT molecular complexity index is 191. The fraction of sp³-hybridized carbons (Fsp3) is 0.778. The number of hydrogen-bond donors (Lipinski definition) is 0. The third kappa shape index (κ3) is 7.54. The van der Waals surface area contributed by atoms with Crippen molar-refractivity contribution in [2.75, 3.05) is 34.4 Å². The van der Waals surface area contributed by atoms with Crippen molar-refractivity contribution in [2.24, 2.45) is 0 Å². The van der Waals surface area contributed by atoms with Gasteiger partial charge in [-0.25, -0.2) is 0 Å². The lowest BCUT2D eigenvalue weighted by Crippen LogP contribution is -2.17. The van der Waals surface area contributed by atoms with Gasteiger partial charge in [-0.05, 0) is 20.5 Å². The van der Waals surface area contributed by atoms with Gasteiger partial charge in [-0.15, -0.1) is 0 Å². The van der Waals surface area contributed by atoms with Crippen molar-refractivity contribution in [2.45, 2.75) is 12.8 Å². The summed E-state index contributed by atoms with van der Waals surface area (Å²) in [5.74, 6) is -1.10. The van der Waals surface area contributed by atoms with Gasteiger partial charge in [-0.3, -0.25) is 9.59 Å². The summed E-state index contributed by atoms with van der Waals surface area (Å²) < 4.78 is 9.12. The van der Waals surface area contributed by atoms with Crippen LogP contribution >= 0.6 is 0 Å². The Hall–Kier alpha value is -1.10. The Morgan fingerprint density at radius 3 is 2.36 bits per heavy atom. The van der Waals surface area contributed by atoms with E-state index in [4.69, 9.17) is 4.74 Å². The molecule has 0 amide bonds. The molecular formula is C9H17NO4.